The lowest BCUT2D eigenvalue weighted by Gasteiger charge is -2.34. The largest absolute Gasteiger partial charge is 0.333 e. The van der Waals surface area contributed by atoms with Crippen LogP contribution in [0, 0.1) is 13.8 Å². The number of carbonyl (C=O) groups excluding carboxylic acids is 1. The van der Waals surface area contributed by atoms with Crippen LogP contribution in [0.1, 0.15) is 28.4 Å². The van der Waals surface area contributed by atoms with Gasteiger partial charge in [-0.15, -0.1) is 0 Å². The molecule has 1 fully saturated rings. The van der Waals surface area contributed by atoms with Gasteiger partial charge in [-0.05, 0) is 56.2 Å². The molecule has 7 heteroatoms. The number of hydrogen-bond acceptors (Lipinski definition) is 4. The summed E-state index contributed by atoms with van der Waals surface area (Å²) in [5.41, 5.74) is 2.45. The van der Waals surface area contributed by atoms with Crippen LogP contribution in [0.2, 0.25) is 0 Å². The minimum absolute atomic E-state index is 0.0676. The Labute approximate surface area is 160 Å². The van der Waals surface area contributed by atoms with E-state index in [1.165, 1.54) is 6.07 Å². The van der Waals surface area contributed by atoms with Crippen LogP contribution in [0.15, 0.2) is 47.4 Å². The van der Waals surface area contributed by atoms with E-state index in [-0.39, 0.29) is 16.8 Å². The van der Waals surface area contributed by atoms with E-state index in [9.17, 15) is 13.2 Å². The molecule has 0 bridgehead atoms. The molecule has 1 aliphatic heterocycles. The van der Waals surface area contributed by atoms with Gasteiger partial charge in [0.2, 0.25) is 0 Å². The van der Waals surface area contributed by atoms with E-state index >= 15 is 0 Å². The number of rotatable bonds is 4. The van der Waals surface area contributed by atoms with Crippen LogP contribution in [0.3, 0.4) is 0 Å². The van der Waals surface area contributed by atoms with Crippen molar-refractivity contribution in [2.75, 3.05) is 24.4 Å². The van der Waals surface area contributed by atoms with Gasteiger partial charge >= 0.3 is 0 Å². The maximum atomic E-state index is 12.9. The lowest BCUT2D eigenvalue weighted by molar-refractivity contribution is 0.0655. The van der Waals surface area contributed by atoms with Gasteiger partial charge in [-0.1, -0.05) is 18.2 Å². The summed E-state index contributed by atoms with van der Waals surface area (Å²) < 4.78 is 28.4. The predicted octanol–water partition coefficient (Wildman–Crippen LogP) is 2.54. The Morgan fingerprint density at radius 1 is 1.19 bits per heavy atom. The summed E-state index contributed by atoms with van der Waals surface area (Å²) in [4.78, 5) is 14.8. The van der Waals surface area contributed by atoms with Crippen LogP contribution in [0.4, 0.5) is 5.69 Å². The molecule has 1 unspecified atom stereocenters. The number of nitrogens with zero attached hydrogens (tertiary/aromatic N) is 1. The zero-order valence-corrected chi connectivity index (χ0v) is 16.6. The number of benzene rings is 2. The molecule has 0 aromatic heterocycles. The average molecular weight is 388 g/mol. The van der Waals surface area contributed by atoms with E-state index in [0.717, 1.165) is 18.7 Å². The van der Waals surface area contributed by atoms with Crippen molar-refractivity contribution in [2.45, 2.75) is 31.7 Å². The van der Waals surface area contributed by atoms with Crippen molar-refractivity contribution < 1.29 is 13.2 Å². The molecular formula is C20H25N3O3S. The number of carbonyl (C=O) groups is 1. The zero-order valence-electron chi connectivity index (χ0n) is 15.8. The Kier molecular flexibility index (Phi) is 5.53. The van der Waals surface area contributed by atoms with Crippen LogP contribution in [0.5, 0.6) is 0 Å². The smallest absolute Gasteiger partial charge is 0.262 e. The molecule has 0 radical (unpaired) electrons. The second kappa shape index (κ2) is 7.70. The van der Waals surface area contributed by atoms with Crippen molar-refractivity contribution in [1.82, 2.24) is 10.2 Å². The molecular weight excluding hydrogens is 362 g/mol. The molecule has 2 aromatic rings. The fourth-order valence-corrected chi connectivity index (χ4v) is 4.57. The fourth-order valence-electron chi connectivity index (χ4n) is 3.25. The Morgan fingerprint density at radius 3 is 2.67 bits per heavy atom. The van der Waals surface area contributed by atoms with E-state index in [1.807, 2.05) is 19.9 Å². The molecule has 0 saturated carbocycles. The first kappa shape index (κ1) is 19.4. The molecule has 3 rings (SSSR count). The van der Waals surface area contributed by atoms with Crippen LogP contribution in [0.25, 0.3) is 0 Å². The van der Waals surface area contributed by atoms with Gasteiger partial charge in [-0.3, -0.25) is 9.52 Å². The quantitative estimate of drug-likeness (QED) is 0.845. The van der Waals surface area contributed by atoms with Crippen molar-refractivity contribution in [3.8, 4) is 0 Å². The number of piperazine rings is 1. The van der Waals surface area contributed by atoms with Crippen molar-refractivity contribution in [3.63, 3.8) is 0 Å². The molecule has 6 nitrogen and oxygen atoms in total. The van der Waals surface area contributed by atoms with Gasteiger partial charge in [-0.2, -0.15) is 0 Å². The highest BCUT2D eigenvalue weighted by molar-refractivity contribution is 7.92. The highest BCUT2D eigenvalue weighted by atomic mass is 32.2. The molecule has 2 N–H and O–H groups in total. The first-order chi connectivity index (χ1) is 12.8. The summed E-state index contributed by atoms with van der Waals surface area (Å²) in [5.74, 6) is -0.143. The molecule has 2 aromatic carbocycles. The normalized spacial score (nSPS) is 17.6. The first-order valence-electron chi connectivity index (χ1n) is 9.00. The van der Waals surface area contributed by atoms with Crippen LogP contribution in [-0.2, 0) is 10.0 Å². The Balaban J connectivity index is 1.91. The third-order valence-corrected chi connectivity index (χ3v) is 6.28. The second-order valence-electron chi connectivity index (χ2n) is 7.01. The highest BCUT2D eigenvalue weighted by Crippen LogP contribution is 2.22. The summed E-state index contributed by atoms with van der Waals surface area (Å²) in [6.45, 7) is 7.69. The van der Waals surface area contributed by atoms with Gasteiger partial charge < -0.3 is 10.2 Å². The maximum absolute atomic E-state index is 12.9. The number of anilines is 1. The summed E-state index contributed by atoms with van der Waals surface area (Å²) in [6, 6.07) is 12.1. The lowest BCUT2D eigenvalue weighted by atomic mass is 10.1. The second-order valence-corrected chi connectivity index (χ2v) is 8.66. The van der Waals surface area contributed by atoms with Crippen molar-refractivity contribution in [2.24, 2.45) is 0 Å². The van der Waals surface area contributed by atoms with E-state index in [2.05, 4.69) is 10.0 Å². The van der Waals surface area contributed by atoms with E-state index in [0.29, 0.717) is 23.4 Å². The molecule has 0 spiro atoms. The van der Waals surface area contributed by atoms with Gasteiger partial charge in [0, 0.05) is 36.9 Å². The van der Waals surface area contributed by atoms with E-state index in [1.54, 1.807) is 42.2 Å². The monoisotopic (exact) mass is 387 g/mol. The number of sulfonamides is 1. The van der Waals surface area contributed by atoms with Gasteiger partial charge in [0.05, 0.1) is 4.90 Å². The molecule has 1 aliphatic rings. The summed E-state index contributed by atoms with van der Waals surface area (Å²) in [5, 5.41) is 3.25. The molecule has 144 valence electrons. The van der Waals surface area contributed by atoms with E-state index in [4.69, 9.17) is 0 Å². The molecule has 0 aliphatic carbocycles. The van der Waals surface area contributed by atoms with Gasteiger partial charge in [-0.25, -0.2) is 8.42 Å². The molecule has 1 heterocycles. The topological polar surface area (TPSA) is 78.5 Å². The number of aryl methyl sites for hydroxylation is 2. The van der Waals surface area contributed by atoms with Gasteiger partial charge in [0.1, 0.15) is 0 Å². The zero-order chi connectivity index (χ0) is 19.6. The van der Waals surface area contributed by atoms with Crippen molar-refractivity contribution >= 4 is 21.6 Å². The van der Waals surface area contributed by atoms with Gasteiger partial charge in [0.15, 0.2) is 0 Å². The van der Waals surface area contributed by atoms with Crippen LogP contribution < -0.4 is 10.0 Å². The molecule has 1 saturated heterocycles. The van der Waals surface area contributed by atoms with E-state index < -0.39 is 10.0 Å². The number of nitrogens with one attached hydrogen (secondary N) is 2. The average Bonchev–Trinajstić information content (AvgIpc) is 2.61. The lowest BCUT2D eigenvalue weighted by Crippen LogP contribution is -2.52. The molecule has 1 atom stereocenters. The van der Waals surface area contributed by atoms with Gasteiger partial charge in [0.25, 0.3) is 15.9 Å². The number of amides is 1. The first-order valence-corrected chi connectivity index (χ1v) is 10.5. The van der Waals surface area contributed by atoms with Crippen LogP contribution >= 0.6 is 0 Å². The minimum Gasteiger partial charge on any atom is -0.333 e. The molecule has 1 amide bonds. The Hall–Kier alpha value is -2.38. The van der Waals surface area contributed by atoms with Crippen LogP contribution in [-0.4, -0.2) is 44.9 Å². The third-order valence-electron chi connectivity index (χ3n) is 4.76. The summed E-state index contributed by atoms with van der Waals surface area (Å²) in [6.07, 6.45) is 0. The molecule has 27 heavy (non-hydrogen) atoms. The van der Waals surface area contributed by atoms with Crippen molar-refractivity contribution in [3.05, 3.63) is 59.2 Å². The maximum Gasteiger partial charge on any atom is 0.262 e. The number of hydrogen-bond donors (Lipinski definition) is 2. The minimum atomic E-state index is -3.79. The summed E-state index contributed by atoms with van der Waals surface area (Å²) in [7, 11) is -3.79. The Bertz CT molecular complexity index is 957. The summed E-state index contributed by atoms with van der Waals surface area (Å²) >= 11 is 0. The van der Waals surface area contributed by atoms with Crippen molar-refractivity contribution in [1.29, 1.82) is 0 Å². The third kappa shape index (κ3) is 4.31. The SMILES string of the molecule is Cc1cccc(NS(=O)(=O)c2cc(C(=O)N3CCNCC3C)ccc2C)c1. The fraction of sp³-hybridized carbons (Fsp3) is 0.350. The standard InChI is InChI=1S/C20H25N3O3S/c1-14-5-4-6-18(11-14)22-27(25,26)19-12-17(8-7-15(19)2)20(24)23-10-9-21-13-16(23)3/h4-8,11-12,16,21-22H,9-10,13H2,1-3H3. The highest BCUT2D eigenvalue weighted by Gasteiger charge is 2.26. The predicted molar refractivity (Wildman–Crippen MR) is 107 cm³/mol. The Morgan fingerprint density at radius 2 is 1.96 bits per heavy atom.